The van der Waals surface area contributed by atoms with E-state index in [9.17, 15) is 4.79 Å². The maximum atomic E-state index is 11.1. The quantitative estimate of drug-likeness (QED) is 0.446. The largest absolute Gasteiger partial charge is 0.463 e. The van der Waals surface area contributed by atoms with E-state index in [4.69, 9.17) is 19.9 Å². The highest BCUT2D eigenvalue weighted by Crippen LogP contribution is 1.95. The number of carbonyl (C=O) groups excluding carboxylic acids is 1. The molecule has 90 valence electrons. The lowest BCUT2D eigenvalue weighted by atomic mass is 10.2. The van der Waals surface area contributed by atoms with Crippen molar-refractivity contribution in [1.82, 2.24) is 0 Å². The van der Waals surface area contributed by atoms with E-state index in [1.165, 1.54) is 0 Å². The summed E-state index contributed by atoms with van der Waals surface area (Å²) in [4.78, 5) is 11.1. The van der Waals surface area contributed by atoms with Crippen LogP contribution in [0.5, 0.6) is 0 Å². The minimum Gasteiger partial charge on any atom is -0.463 e. The van der Waals surface area contributed by atoms with Gasteiger partial charge in [-0.15, -0.1) is 0 Å². The van der Waals surface area contributed by atoms with Crippen LogP contribution in [0.1, 0.15) is 19.8 Å². The van der Waals surface area contributed by atoms with Gasteiger partial charge in [0, 0.05) is 19.6 Å². The molecule has 0 fully saturated rings. The predicted molar refractivity (Wildman–Crippen MR) is 56.5 cm³/mol. The van der Waals surface area contributed by atoms with Gasteiger partial charge in [-0.3, -0.25) is 4.79 Å². The molecule has 0 amide bonds. The standard InChI is InChI=1S/C10H21NO4/c1-9(11)3-4-10(12)15-8-7-14-6-5-13-2/h9H,3-8,11H2,1-2H3. The van der Waals surface area contributed by atoms with Crippen LogP contribution in [0.2, 0.25) is 0 Å². The molecule has 0 aliphatic rings. The lowest BCUT2D eigenvalue weighted by Gasteiger charge is -2.06. The van der Waals surface area contributed by atoms with Crippen LogP contribution in [0.15, 0.2) is 0 Å². The van der Waals surface area contributed by atoms with Crippen molar-refractivity contribution >= 4 is 5.97 Å². The Bertz CT molecular complexity index is 162. The zero-order chi connectivity index (χ0) is 11.5. The van der Waals surface area contributed by atoms with Gasteiger partial charge in [0.25, 0.3) is 0 Å². The van der Waals surface area contributed by atoms with E-state index in [0.29, 0.717) is 39.3 Å². The molecule has 5 nitrogen and oxygen atoms in total. The normalized spacial score (nSPS) is 12.5. The molecular weight excluding hydrogens is 198 g/mol. The molecule has 0 saturated carbocycles. The van der Waals surface area contributed by atoms with Gasteiger partial charge in [0.15, 0.2) is 0 Å². The van der Waals surface area contributed by atoms with Gasteiger partial charge in [-0.1, -0.05) is 0 Å². The summed E-state index contributed by atoms with van der Waals surface area (Å²) in [5.41, 5.74) is 5.50. The van der Waals surface area contributed by atoms with E-state index < -0.39 is 0 Å². The Morgan fingerprint density at radius 1 is 1.27 bits per heavy atom. The summed E-state index contributed by atoms with van der Waals surface area (Å²) in [6, 6.07) is 0.0375. The molecule has 15 heavy (non-hydrogen) atoms. The Kier molecular flexibility index (Phi) is 9.46. The predicted octanol–water partition coefficient (Wildman–Crippen LogP) is 0.320. The average molecular weight is 219 g/mol. The number of rotatable bonds is 9. The van der Waals surface area contributed by atoms with Gasteiger partial charge >= 0.3 is 5.97 Å². The average Bonchev–Trinajstić information content (AvgIpc) is 2.20. The van der Waals surface area contributed by atoms with Crippen molar-refractivity contribution in [3.8, 4) is 0 Å². The van der Waals surface area contributed by atoms with Gasteiger partial charge in [0.05, 0.1) is 19.8 Å². The van der Waals surface area contributed by atoms with Gasteiger partial charge in [0.1, 0.15) is 6.61 Å². The summed E-state index contributed by atoms with van der Waals surface area (Å²) in [7, 11) is 1.61. The third-order valence-corrected chi connectivity index (χ3v) is 1.73. The number of nitrogens with two attached hydrogens (primary N) is 1. The third-order valence-electron chi connectivity index (χ3n) is 1.73. The van der Waals surface area contributed by atoms with Crippen molar-refractivity contribution in [2.45, 2.75) is 25.8 Å². The van der Waals surface area contributed by atoms with Gasteiger partial charge in [-0.2, -0.15) is 0 Å². The summed E-state index contributed by atoms with van der Waals surface area (Å²) in [5, 5.41) is 0. The number of hydrogen-bond donors (Lipinski definition) is 1. The Morgan fingerprint density at radius 2 is 1.93 bits per heavy atom. The Hall–Kier alpha value is -0.650. The molecule has 0 heterocycles. The molecule has 5 heteroatoms. The lowest BCUT2D eigenvalue weighted by molar-refractivity contribution is -0.145. The molecule has 0 saturated heterocycles. The SMILES string of the molecule is COCCOCCOC(=O)CCC(C)N. The van der Waals surface area contributed by atoms with E-state index in [1.807, 2.05) is 6.92 Å². The molecule has 0 spiro atoms. The van der Waals surface area contributed by atoms with Gasteiger partial charge in [-0.25, -0.2) is 0 Å². The number of methoxy groups -OCH3 is 1. The van der Waals surface area contributed by atoms with Crippen LogP contribution in [-0.4, -0.2) is 45.5 Å². The summed E-state index contributed by atoms with van der Waals surface area (Å²) < 4.78 is 14.8. The molecule has 0 bridgehead atoms. The summed E-state index contributed by atoms with van der Waals surface area (Å²) >= 11 is 0. The smallest absolute Gasteiger partial charge is 0.305 e. The second-order valence-corrected chi connectivity index (χ2v) is 3.34. The second kappa shape index (κ2) is 9.89. The van der Waals surface area contributed by atoms with Gasteiger partial charge in [0.2, 0.25) is 0 Å². The third kappa shape index (κ3) is 11.3. The molecule has 0 aliphatic carbocycles. The molecule has 1 unspecified atom stereocenters. The highest BCUT2D eigenvalue weighted by molar-refractivity contribution is 5.69. The summed E-state index contributed by atoms with van der Waals surface area (Å²) in [5.74, 6) is -0.220. The van der Waals surface area contributed by atoms with Gasteiger partial charge < -0.3 is 19.9 Å². The molecule has 0 rings (SSSR count). The Morgan fingerprint density at radius 3 is 2.53 bits per heavy atom. The van der Waals surface area contributed by atoms with Crippen molar-refractivity contribution in [3.05, 3.63) is 0 Å². The van der Waals surface area contributed by atoms with Crippen molar-refractivity contribution in [2.75, 3.05) is 33.5 Å². The maximum Gasteiger partial charge on any atom is 0.305 e. The molecule has 0 aromatic heterocycles. The lowest BCUT2D eigenvalue weighted by Crippen LogP contribution is -2.18. The molecule has 0 radical (unpaired) electrons. The molecule has 0 aromatic rings. The van der Waals surface area contributed by atoms with Crippen LogP contribution in [0.3, 0.4) is 0 Å². The second-order valence-electron chi connectivity index (χ2n) is 3.34. The summed E-state index contributed by atoms with van der Waals surface area (Å²) in [6.45, 7) is 3.64. The fraction of sp³-hybridized carbons (Fsp3) is 0.900. The minimum atomic E-state index is -0.220. The van der Waals surface area contributed by atoms with Crippen LogP contribution >= 0.6 is 0 Å². The fourth-order valence-electron chi connectivity index (χ4n) is 0.876. The van der Waals surface area contributed by atoms with Crippen LogP contribution in [0.25, 0.3) is 0 Å². The molecule has 2 N–H and O–H groups in total. The van der Waals surface area contributed by atoms with E-state index in [-0.39, 0.29) is 12.0 Å². The van der Waals surface area contributed by atoms with Crippen LogP contribution < -0.4 is 5.73 Å². The topological polar surface area (TPSA) is 70.8 Å². The first kappa shape index (κ1) is 14.3. The van der Waals surface area contributed by atoms with E-state index in [0.717, 1.165) is 0 Å². The molecule has 0 aliphatic heterocycles. The fourth-order valence-corrected chi connectivity index (χ4v) is 0.876. The summed E-state index contributed by atoms with van der Waals surface area (Å²) in [6.07, 6.45) is 1.03. The van der Waals surface area contributed by atoms with E-state index in [2.05, 4.69) is 0 Å². The zero-order valence-electron chi connectivity index (χ0n) is 9.53. The molecule has 1 atom stereocenters. The zero-order valence-corrected chi connectivity index (χ0v) is 9.53. The maximum absolute atomic E-state index is 11.1. The molecular formula is C10H21NO4. The first-order chi connectivity index (χ1) is 7.16. The van der Waals surface area contributed by atoms with Gasteiger partial charge in [-0.05, 0) is 13.3 Å². The Balaban J connectivity index is 3.17. The number of hydrogen-bond acceptors (Lipinski definition) is 5. The van der Waals surface area contributed by atoms with Crippen molar-refractivity contribution in [1.29, 1.82) is 0 Å². The van der Waals surface area contributed by atoms with Crippen molar-refractivity contribution < 1.29 is 19.0 Å². The minimum absolute atomic E-state index is 0.0375. The van der Waals surface area contributed by atoms with Crippen LogP contribution in [-0.2, 0) is 19.0 Å². The highest BCUT2D eigenvalue weighted by atomic mass is 16.6. The van der Waals surface area contributed by atoms with E-state index >= 15 is 0 Å². The number of carbonyl (C=O) groups is 1. The Labute approximate surface area is 90.9 Å². The number of esters is 1. The van der Waals surface area contributed by atoms with E-state index in [1.54, 1.807) is 7.11 Å². The molecule has 0 aromatic carbocycles. The first-order valence-electron chi connectivity index (χ1n) is 5.14. The van der Waals surface area contributed by atoms with Crippen LogP contribution in [0, 0.1) is 0 Å². The highest BCUT2D eigenvalue weighted by Gasteiger charge is 2.04. The van der Waals surface area contributed by atoms with Crippen molar-refractivity contribution in [3.63, 3.8) is 0 Å². The first-order valence-corrected chi connectivity index (χ1v) is 5.14. The van der Waals surface area contributed by atoms with Crippen LogP contribution in [0.4, 0.5) is 0 Å². The monoisotopic (exact) mass is 219 g/mol. The number of ether oxygens (including phenoxy) is 3. The van der Waals surface area contributed by atoms with Crippen molar-refractivity contribution in [2.24, 2.45) is 5.73 Å².